The molecule has 1 fully saturated rings. The third kappa shape index (κ3) is 2.43. The van der Waals surface area contributed by atoms with E-state index in [1.165, 1.54) is 12.1 Å². The van der Waals surface area contributed by atoms with Crippen molar-refractivity contribution >= 4 is 5.82 Å². The van der Waals surface area contributed by atoms with Crippen molar-refractivity contribution in [3.63, 3.8) is 0 Å². The average Bonchev–Trinajstić information content (AvgIpc) is 3.13. The molecule has 3 rings (SSSR count). The van der Waals surface area contributed by atoms with Crippen LogP contribution in [0, 0.1) is 12.7 Å². The molecule has 0 amide bonds. The highest BCUT2D eigenvalue weighted by molar-refractivity contribution is 5.74. The van der Waals surface area contributed by atoms with Gasteiger partial charge in [-0.3, -0.25) is 0 Å². The van der Waals surface area contributed by atoms with Gasteiger partial charge < -0.3 is 10.3 Å². The lowest BCUT2D eigenvalue weighted by molar-refractivity contribution is 0.504. The van der Waals surface area contributed by atoms with Crippen molar-refractivity contribution in [2.45, 2.75) is 52.0 Å². The van der Waals surface area contributed by atoms with Crippen LogP contribution < -0.4 is 5.73 Å². The van der Waals surface area contributed by atoms with Crippen LogP contribution >= 0.6 is 0 Å². The molecule has 1 aliphatic rings. The second-order valence-corrected chi connectivity index (χ2v) is 6.98. The van der Waals surface area contributed by atoms with Crippen LogP contribution in [-0.4, -0.2) is 9.55 Å². The molecule has 4 heteroatoms. The fourth-order valence-corrected chi connectivity index (χ4v) is 2.77. The van der Waals surface area contributed by atoms with Gasteiger partial charge in [-0.15, -0.1) is 0 Å². The first kappa shape index (κ1) is 14.1. The molecule has 3 nitrogen and oxygen atoms in total. The summed E-state index contributed by atoms with van der Waals surface area (Å²) >= 11 is 0. The molecule has 21 heavy (non-hydrogen) atoms. The van der Waals surface area contributed by atoms with Crippen molar-refractivity contribution in [3.8, 4) is 11.3 Å². The molecule has 2 aromatic rings. The van der Waals surface area contributed by atoms with E-state index in [4.69, 9.17) is 10.7 Å². The largest absolute Gasteiger partial charge is 0.383 e. The Morgan fingerprint density at radius 2 is 1.95 bits per heavy atom. The minimum absolute atomic E-state index is 0.0666. The maximum atomic E-state index is 13.3. The normalized spacial score (nSPS) is 15.5. The Bertz CT molecular complexity index is 691. The Morgan fingerprint density at radius 1 is 1.29 bits per heavy atom. The number of halogens is 1. The third-order valence-electron chi connectivity index (χ3n) is 3.97. The molecule has 0 atom stereocenters. The number of anilines is 1. The maximum absolute atomic E-state index is 13.3. The number of nitrogens with two attached hydrogens (primary N) is 1. The van der Waals surface area contributed by atoms with E-state index in [-0.39, 0.29) is 11.2 Å². The molecule has 1 saturated carbocycles. The van der Waals surface area contributed by atoms with Crippen molar-refractivity contribution in [3.05, 3.63) is 35.4 Å². The van der Waals surface area contributed by atoms with Crippen LogP contribution in [0.4, 0.5) is 10.2 Å². The van der Waals surface area contributed by atoms with E-state index in [1.807, 2.05) is 6.92 Å². The van der Waals surface area contributed by atoms with Gasteiger partial charge in [0.2, 0.25) is 0 Å². The number of benzene rings is 1. The van der Waals surface area contributed by atoms with Gasteiger partial charge in [0.15, 0.2) is 0 Å². The fourth-order valence-electron chi connectivity index (χ4n) is 2.77. The lowest BCUT2D eigenvalue weighted by atomic mass is 9.95. The van der Waals surface area contributed by atoms with Crippen molar-refractivity contribution in [2.75, 3.05) is 5.73 Å². The van der Waals surface area contributed by atoms with E-state index < -0.39 is 0 Å². The van der Waals surface area contributed by atoms with Crippen LogP contribution in [0.25, 0.3) is 11.3 Å². The van der Waals surface area contributed by atoms with Crippen molar-refractivity contribution in [2.24, 2.45) is 0 Å². The van der Waals surface area contributed by atoms with Gasteiger partial charge in [-0.1, -0.05) is 20.8 Å². The number of aryl methyl sites for hydroxylation is 1. The van der Waals surface area contributed by atoms with Gasteiger partial charge in [-0.05, 0) is 43.5 Å². The van der Waals surface area contributed by atoms with E-state index in [1.54, 1.807) is 6.07 Å². The third-order valence-corrected chi connectivity index (χ3v) is 3.97. The summed E-state index contributed by atoms with van der Waals surface area (Å²) in [6.07, 6.45) is 2.32. The summed E-state index contributed by atoms with van der Waals surface area (Å²) in [4.78, 5) is 4.82. The summed E-state index contributed by atoms with van der Waals surface area (Å²) < 4.78 is 15.5. The number of nitrogen functional groups attached to an aromatic ring is 1. The van der Waals surface area contributed by atoms with Crippen molar-refractivity contribution < 1.29 is 4.39 Å². The standard InChI is InChI=1S/C17H22FN3/c1-10-9-11(18)5-8-13(10)14-15(19)21(12-6-7-12)16(20-14)17(2,3)4/h5,8-9,12H,6-7,19H2,1-4H3. The second-order valence-electron chi connectivity index (χ2n) is 6.98. The molecule has 112 valence electrons. The zero-order valence-corrected chi connectivity index (χ0v) is 13.1. The van der Waals surface area contributed by atoms with Gasteiger partial charge in [0.05, 0.1) is 0 Å². The lowest BCUT2D eigenvalue weighted by Gasteiger charge is -2.20. The first-order valence-electron chi connectivity index (χ1n) is 7.43. The van der Waals surface area contributed by atoms with E-state index in [2.05, 4.69) is 25.3 Å². The highest BCUT2D eigenvalue weighted by Crippen LogP contribution is 2.43. The lowest BCUT2D eigenvalue weighted by Crippen LogP contribution is -2.19. The molecule has 1 aliphatic carbocycles. The van der Waals surface area contributed by atoms with Crippen LogP contribution in [0.2, 0.25) is 0 Å². The monoisotopic (exact) mass is 287 g/mol. The second kappa shape index (κ2) is 4.58. The molecule has 0 bridgehead atoms. The Balaban J connectivity index is 2.20. The number of hydrogen-bond donors (Lipinski definition) is 1. The topological polar surface area (TPSA) is 43.8 Å². The molecular formula is C17H22FN3. The molecule has 0 radical (unpaired) electrons. The number of rotatable bonds is 2. The predicted octanol–water partition coefficient (Wildman–Crippen LogP) is 4.21. The maximum Gasteiger partial charge on any atom is 0.132 e. The quantitative estimate of drug-likeness (QED) is 0.899. The van der Waals surface area contributed by atoms with Gasteiger partial charge in [0, 0.05) is 17.0 Å². The minimum atomic E-state index is -0.229. The van der Waals surface area contributed by atoms with Gasteiger partial charge in [-0.25, -0.2) is 9.37 Å². The van der Waals surface area contributed by atoms with E-state index in [9.17, 15) is 4.39 Å². The molecule has 0 saturated heterocycles. The number of hydrogen-bond acceptors (Lipinski definition) is 2. The molecule has 1 heterocycles. The Hall–Kier alpha value is -1.84. The zero-order chi connectivity index (χ0) is 15.4. The van der Waals surface area contributed by atoms with Gasteiger partial charge >= 0.3 is 0 Å². The summed E-state index contributed by atoms with van der Waals surface area (Å²) in [5, 5.41) is 0. The van der Waals surface area contributed by atoms with Crippen LogP contribution in [0.15, 0.2) is 18.2 Å². The minimum Gasteiger partial charge on any atom is -0.383 e. The Kier molecular flexibility index (Phi) is 3.08. The molecule has 1 aromatic carbocycles. The summed E-state index contributed by atoms with van der Waals surface area (Å²) in [5.74, 6) is 1.49. The van der Waals surface area contributed by atoms with Gasteiger partial charge in [0.1, 0.15) is 23.2 Å². The first-order chi connectivity index (χ1) is 9.79. The number of nitrogens with zero attached hydrogens (tertiary/aromatic N) is 2. The molecule has 0 aliphatic heterocycles. The molecule has 2 N–H and O–H groups in total. The summed E-state index contributed by atoms with van der Waals surface area (Å²) in [6.45, 7) is 8.34. The molecule has 0 unspecified atom stereocenters. The Labute approximate surface area is 125 Å². The Morgan fingerprint density at radius 3 is 2.48 bits per heavy atom. The molecular weight excluding hydrogens is 265 g/mol. The van der Waals surface area contributed by atoms with Crippen LogP contribution in [0.1, 0.15) is 51.0 Å². The van der Waals surface area contributed by atoms with Gasteiger partial charge in [-0.2, -0.15) is 0 Å². The van der Waals surface area contributed by atoms with Crippen LogP contribution in [0.5, 0.6) is 0 Å². The van der Waals surface area contributed by atoms with E-state index >= 15 is 0 Å². The van der Waals surface area contributed by atoms with Crippen molar-refractivity contribution in [1.29, 1.82) is 0 Å². The van der Waals surface area contributed by atoms with E-state index in [0.717, 1.165) is 35.5 Å². The summed E-state index contributed by atoms with van der Waals surface area (Å²) in [5.41, 5.74) is 8.88. The predicted molar refractivity (Wildman–Crippen MR) is 83.7 cm³/mol. The average molecular weight is 287 g/mol. The first-order valence-corrected chi connectivity index (χ1v) is 7.43. The van der Waals surface area contributed by atoms with Crippen LogP contribution in [-0.2, 0) is 5.41 Å². The molecule has 0 spiro atoms. The zero-order valence-electron chi connectivity index (χ0n) is 13.1. The van der Waals surface area contributed by atoms with Gasteiger partial charge in [0.25, 0.3) is 0 Å². The SMILES string of the molecule is Cc1cc(F)ccc1-c1nc(C(C)(C)C)n(C2CC2)c1N. The van der Waals surface area contributed by atoms with Crippen LogP contribution in [0.3, 0.4) is 0 Å². The van der Waals surface area contributed by atoms with E-state index in [0.29, 0.717) is 11.9 Å². The molecule has 1 aromatic heterocycles. The number of imidazole rings is 1. The summed E-state index contributed by atoms with van der Waals surface area (Å²) in [6, 6.07) is 5.24. The smallest absolute Gasteiger partial charge is 0.132 e. The number of aromatic nitrogens is 2. The highest BCUT2D eigenvalue weighted by atomic mass is 19.1. The highest BCUT2D eigenvalue weighted by Gasteiger charge is 2.34. The summed E-state index contributed by atoms with van der Waals surface area (Å²) in [7, 11) is 0. The van der Waals surface area contributed by atoms with Crippen molar-refractivity contribution in [1.82, 2.24) is 9.55 Å². The fraction of sp³-hybridized carbons (Fsp3) is 0.471.